The average molecular weight is 329 g/mol. The van der Waals surface area contributed by atoms with Crippen molar-refractivity contribution < 1.29 is 9.59 Å². The number of rotatable bonds is 4. The molecule has 118 valence electrons. The monoisotopic (exact) mass is 328 g/mol. The van der Waals surface area contributed by atoms with Gasteiger partial charge in [-0.2, -0.15) is 0 Å². The van der Waals surface area contributed by atoms with Crippen LogP contribution in [0.25, 0.3) is 0 Å². The summed E-state index contributed by atoms with van der Waals surface area (Å²) < 4.78 is 0. The molecule has 2 aromatic carbocycles. The molecule has 3 rings (SSSR count). The Morgan fingerprint density at radius 2 is 1.83 bits per heavy atom. The number of halogens is 1. The second-order valence-corrected chi connectivity index (χ2v) is 6.13. The summed E-state index contributed by atoms with van der Waals surface area (Å²) in [7, 11) is 0. The quantitative estimate of drug-likeness (QED) is 0.889. The van der Waals surface area contributed by atoms with Gasteiger partial charge in [0.1, 0.15) is 0 Å². The molecule has 0 spiro atoms. The molecule has 5 heteroatoms. The summed E-state index contributed by atoms with van der Waals surface area (Å²) in [5, 5.41) is 5.93. The summed E-state index contributed by atoms with van der Waals surface area (Å²) in [5.41, 5.74) is 2.36. The van der Waals surface area contributed by atoms with Gasteiger partial charge in [0.05, 0.1) is 10.7 Å². The van der Waals surface area contributed by atoms with E-state index in [1.54, 1.807) is 18.2 Å². The molecule has 0 heterocycles. The summed E-state index contributed by atoms with van der Waals surface area (Å²) in [6, 6.07) is 15.1. The molecule has 2 aromatic rings. The topological polar surface area (TPSA) is 58.2 Å². The lowest BCUT2D eigenvalue weighted by Crippen LogP contribution is -2.15. The molecular formula is C18H17ClN2O2. The Morgan fingerprint density at radius 1 is 1.09 bits per heavy atom. The Kier molecular flexibility index (Phi) is 4.35. The van der Waals surface area contributed by atoms with Crippen molar-refractivity contribution in [3.63, 3.8) is 0 Å². The maximum absolute atomic E-state index is 12.3. The predicted molar refractivity (Wildman–Crippen MR) is 91.7 cm³/mol. The van der Waals surface area contributed by atoms with Crippen LogP contribution in [0.1, 0.15) is 24.8 Å². The molecule has 23 heavy (non-hydrogen) atoms. The summed E-state index contributed by atoms with van der Waals surface area (Å²) in [6.07, 6.45) is 0.859. The SMILES string of the molecule is CC(=O)Nc1ccc(NC(=O)C2CC2c2ccccc2)c(Cl)c1. The predicted octanol–water partition coefficient (Wildman–Crippen LogP) is 4.04. The third kappa shape index (κ3) is 3.71. The van der Waals surface area contributed by atoms with Crippen molar-refractivity contribution in [1.29, 1.82) is 0 Å². The van der Waals surface area contributed by atoms with E-state index < -0.39 is 0 Å². The molecule has 0 bridgehead atoms. The van der Waals surface area contributed by atoms with Gasteiger partial charge in [-0.25, -0.2) is 0 Å². The van der Waals surface area contributed by atoms with Gasteiger partial charge in [0, 0.05) is 18.5 Å². The van der Waals surface area contributed by atoms with Gasteiger partial charge in [-0.15, -0.1) is 0 Å². The van der Waals surface area contributed by atoms with E-state index in [1.165, 1.54) is 12.5 Å². The van der Waals surface area contributed by atoms with E-state index in [9.17, 15) is 9.59 Å². The molecule has 1 saturated carbocycles. The molecule has 2 unspecified atom stereocenters. The zero-order chi connectivity index (χ0) is 16.4. The van der Waals surface area contributed by atoms with Crippen LogP contribution in [0.3, 0.4) is 0 Å². The third-order valence-corrected chi connectivity index (χ3v) is 4.21. The van der Waals surface area contributed by atoms with E-state index >= 15 is 0 Å². The molecule has 2 atom stereocenters. The highest BCUT2D eigenvalue weighted by molar-refractivity contribution is 6.34. The maximum Gasteiger partial charge on any atom is 0.228 e. The molecule has 0 aromatic heterocycles. The van der Waals surface area contributed by atoms with Crippen molar-refractivity contribution >= 4 is 34.8 Å². The zero-order valence-electron chi connectivity index (χ0n) is 12.7. The first-order valence-corrected chi connectivity index (χ1v) is 7.85. The van der Waals surface area contributed by atoms with Gasteiger partial charge in [0.2, 0.25) is 11.8 Å². The van der Waals surface area contributed by atoms with Gasteiger partial charge >= 0.3 is 0 Å². The van der Waals surface area contributed by atoms with Gasteiger partial charge in [-0.05, 0) is 36.1 Å². The second kappa shape index (κ2) is 6.42. The fourth-order valence-corrected chi connectivity index (χ4v) is 2.90. The van der Waals surface area contributed by atoms with E-state index in [0.717, 1.165) is 6.42 Å². The molecule has 0 saturated heterocycles. The van der Waals surface area contributed by atoms with Crippen LogP contribution in [-0.4, -0.2) is 11.8 Å². The smallest absolute Gasteiger partial charge is 0.228 e. The molecule has 1 aliphatic rings. The van der Waals surface area contributed by atoms with E-state index in [0.29, 0.717) is 16.4 Å². The Labute approximate surface area is 139 Å². The standard InChI is InChI=1S/C18H17ClN2O2/c1-11(22)20-13-7-8-17(16(19)9-13)21-18(23)15-10-14(15)12-5-3-2-4-6-12/h2-9,14-15H,10H2,1H3,(H,20,22)(H,21,23). The van der Waals surface area contributed by atoms with E-state index in [1.807, 2.05) is 30.3 Å². The number of nitrogens with one attached hydrogen (secondary N) is 2. The van der Waals surface area contributed by atoms with Gasteiger partial charge < -0.3 is 10.6 Å². The normalized spacial score (nSPS) is 19.0. The van der Waals surface area contributed by atoms with Crippen LogP contribution in [0.2, 0.25) is 5.02 Å². The minimum absolute atomic E-state index is 0.0107. The van der Waals surface area contributed by atoms with Crippen LogP contribution in [0.15, 0.2) is 48.5 Å². The fourth-order valence-electron chi connectivity index (χ4n) is 2.68. The van der Waals surface area contributed by atoms with Crippen LogP contribution in [0, 0.1) is 5.92 Å². The highest BCUT2D eigenvalue weighted by Crippen LogP contribution is 2.48. The Bertz CT molecular complexity index is 746. The van der Waals surface area contributed by atoms with Crippen molar-refractivity contribution in [2.24, 2.45) is 5.92 Å². The Hall–Kier alpha value is -2.33. The van der Waals surface area contributed by atoms with Crippen LogP contribution < -0.4 is 10.6 Å². The van der Waals surface area contributed by atoms with Crippen LogP contribution >= 0.6 is 11.6 Å². The van der Waals surface area contributed by atoms with Crippen molar-refractivity contribution in [2.75, 3.05) is 10.6 Å². The number of carbonyl (C=O) groups excluding carboxylic acids is 2. The molecular weight excluding hydrogens is 312 g/mol. The minimum atomic E-state index is -0.165. The second-order valence-electron chi connectivity index (χ2n) is 5.72. The molecule has 1 aliphatic carbocycles. The first kappa shape index (κ1) is 15.6. The molecule has 2 N–H and O–H groups in total. The third-order valence-electron chi connectivity index (χ3n) is 3.90. The van der Waals surface area contributed by atoms with Crippen molar-refractivity contribution in [3.8, 4) is 0 Å². The lowest BCUT2D eigenvalue weighted by Gasteiger charge is -2.09. The van der Waals surface area contributed by atoms with Crippen LogP contribution in [0.5, 0.6) is 0 Å². The first-order chi connectivity index (χ1) is 11.0. The highest BCUT2D eigenvalue weighted by atomic mass is 35.5. The van der Waals surface area contributed by atoms with Gasteiger partial charge in [0.25, 0.3) is 0 Å². The summed E-state index contributed by atoms with van der Waals surface area (Å²) in [6.45, 7) is 1.43. The molecule has 2 amide bonds. The maximum atomic E-state index is 12.3. The molecule has 1 fully saturated rings. The van der Waals surface area contributed by atoms with Crippen LogP contribution in [-0.2, 0) is 9.59 Å². The lowest BCUT2D eigenvalue weighted by atomic mass is 10.1. The zero-order valence-corrected chi connectivity index (χ0v) is 13.4. The number of anilines is 2. The van der Waals surface area contributed by atoms with Gasteiger partial charge in [-0.1, -0.05) is 41.9 Å². The Morgan fingerprint density at radius 3 is 2.48 bits per heavy atom. The highest BCUT2D eigenvalue weighted by Gasteiger charge is 2.43. The van der Waals surface area contributed by atoms with Crippen LogP contribution in [0.4, 0.5) is 11.4 Å². The number of carbonyl (C=O) groups is 2. The van der Waals surface area contributed by atoms with Gasteiger partial charge in [0.15, 0.2) is 0 Å². The minimum Gasteiger partial charge on any atom is -0.326 e. The number of hydrogen-bond acceptors (Lipinski definition) is 2. The Balaban J connectivity index is 1.64. The number of benzene rings is 2. The molecule has 0 radical (unpaired) electrons. The van der Waals surface area contributed by atoms with E-state index in [2.05, 4.69) is 10.6 Å². The summed E-state index contributed by atoms with van der Waals surface area (Å²) in [5.74, 6) is 0.0895. The molecule has 0 aliphatic heterocycles. The lowest BCUT2D eigenvalue weighted by molar-refractivity contribution is -0.117. The number of amides is 2. The molecule has 4 nitrogen and oxygen atoms in total. The number of hydrogen-bond donors (Lipinski definition) is 2. The largest absolute Gasteiger partial charge is 0.326 e. The summed E-state index contributed by atoms with van der Waals surface area (Å²) >= 11 is 6.17. The average Bonchev–Trinajstić information content (AvgIpc) is 3.31. The van der Waals surface area contributed by atoms with Crippen molar-refractivity contribution in [3.05, 3.63) is 59.1 Å². The van der Waals surface area contributed by atoms with Crippen molar-refractivity contribution in [2.45, 2.75) is 19.3 Å². The fraction of sp³-hybridized carbons (Fsp3) is 0.222. The van der Waals surface area contributed by atoms with Crippen molar-refractivity contribution in [1.82, 2.24) is 0 Å². The first-order valence-electron chi connectivity index (χ1n) is 7.47. The van der Waals surface area contributed by atoms with E-state index in [4.69, 9.17) is 11.6 Å². The van der Waals surface area contributed by atoms with Gasteiger partial charge in [-0.3, -0.25) is 9.59 Å². The van der Waals surface area contributed by atoms with E-state index in [-0.39, 0.29) is 23.7 Å². The summed E-state index contributed by atoms with van der Waals surface area (Å²) in [4.78, 5) is 23.4.